The van der Waals surface area contributed by atoms with Crippen molar-refractivity contribution in [3.05, 3.63) is 0 Å². The molecule has 0 aliphatic carbocycles. The Kier molecular flexibility index (Phi) is 4.79. The third-order valence-corrected chi connectivity index (χ3v) is 3.28. The smallest absolute Gasteiger partial charge is 0.230 e. The molecule has 15 heavy (non-hydrogen) atoms. The standard InChI is InChI=1S/C12H21NO2/c1-3-5-6-7-9(4-2)10-8-11(14)13-12(10)15/h9-10H,3-8H2,1-2H3,(H,13,14,15). The van der Waals surface area contributed by atoms with Gasteiger partial charge in [0.15, 0.2) is 0 Å². The summed E-state index contributed by atoms with van der Waals surface area (Å²) in [5, 5.41) is 2.39. The van der Waals surface area contributed by atoms with Crippen molar-refractivity contribution in [3.63, 3.8) is 0 Å². The molecule has 0 aromatic rings. The summed E-state index contributed by atoms with van der Waals surface area (Å²) in [4.78, 5) is 22.6. The van der Waals surface area contributed by atoms with Gasteiger partial charge in [-0.3, -0.25) is 14.9 Å². The lowest BCUT2D eigenvalue weighted by Crippen LogP contribution is -2.26. The topological polar surface area (TPSA) is 46.2 Å². The van der Waals surface area contributed by atoms with Crippen molar-refractivity contribution < 1.29 is 9.59 Å². The van der Waals surface area contributed by atoms with Crippen LogP contribution >= 0.6 is 0 Å². The highest BCUT2D eigenvalue weighted by Gasteiger charge is 2.35. The van der Waals surface area contributed by atoms with Gasteiger partial charge in [0.2, 0.25) is 11.8 Å². The number of hydrogen-bond donors (Lipinski definition) is 1. The van der Waals surface area contributed by atoms with E-state index in [-0.39, 0.29) is 17.7 Å². The molecule has 1 fully saturated rings. The van der Waals surface area contributed by atoms with Gasteiger partial charge >= 0.3 is 0 Å². The van der Waals surface area contributed by atoms with E-state index in [1.54, 1.807) is 0 Å². The molecule has 1 heterocycles. The van der Waals surface area contributed by atoms with Gasteiger partial charge in [-0.1, -0.05) is 39.5 Å². The molecular formula is C12H21NO2. The Balaban J connectivity index is 2.43. The fraction of sp³-hybridized carbons (Fsp3) is 0.833. The van der Waals surface area contributed by atoms with E-state index in [9.17, 15) is 9.59 Å². The molecule has 0 aromatic carbocycles. The molecule has 1 saturated heterocycles. The van der Waals surface area contributed by atoms with E-state index in [0.717, 1.165) is 12.8 Å². The second kappa shape index (κ2) is 5.89. The quantitative estimate of drug-likeness (QED) is 0.541. The molecule has 3 nitrogen and oxygen atoms in total. The fourth-order valence-corrected chi connectivity index (χ4v) is 2.30. The van der Waals surface area contributed by atoms with Gasteiger partial charge in [0.05, 0.1) is 0 Å². The van der Waals surface area contributed by atoms with E-state index in [2.05, 4.69) is 19.2 Å². The lowest BCUT2D eigenvalue weighted by molar-refractivity contribution is -0.126. The summed E-state index contributed by atoms with van der Waals surface area (Å²) in [5.74, 6) is 0.185. The number of imide groups is 1. The van der Waals surface area contributed by atoms with Crippen molar-refractivity contribution in [1.29, 1.82) is 0 Å². The maximum Gasteiger partial charge on any atom is 0.230 e. The normalized spacial score (nSPS) is 22.9. The number of unbranched alkanes of at least 4 members (excludes halogenated alkanes) is 2. The first kappa shape index (κ1) is 12.2. The maximum absolute atomic E-state index is 11.5. The summed E-state index contributed by atoms with van der Waals surface area (Å²) in [6, 6.07) is 0. The molecule has 3 heteroatoms. The zero-order valence-corrected chi connectivity index (χ0v) is 9.71. The van der Waals surface area contributed by atoms with Crippen molar-refractivity contribution >= 4 is 11.8 Å². The predicted octanol–water partition coefficient (Wildman–Crippen LogP) is 2.26. The summed E-state index contributed by atoms with van der Waals surface area (Å²) < 4.78 is 0. The second-order valence-electron chi connectivity index (χ2n) is 4.39. The van der Waals surface area contributed by atoms with E-state index in [0.29, 0.717) is 12.3 Å². The van der Waals surface area contributed by atoms with Crippen LogP contribution in [0.4, 0.5) is 0 Å². The van der Waals surface area contributed by atoms with E-state index in [1.807, 2.05) is 0 Å². The van der Waals surface area contributed by atoms with Crippen LogP contribution in [0.2, 0.25) is 0 Å². The Morgan fingerprint density at radius 3 is 2.53 bits per heavy atom. The minimum Gasteiger partial charge on any atom is -0.296 e. The molecule has 2 unspecified atom stereocenters. The average Bonchev–Trinajstić information content (AvgIpc) is 2.53. The molecule has 0 spiro atoms. The highest BCUT2D eigenvalue weighted by molar-refractivity contribution is 6.03. The Hall–Kier alpha value is -0.860. The molecule has 2 amide bonds. The SMILES string of the molecule is CCCCCC(CC)C1CC(=O)NC1=O. The van der Waals surface area contributed by atoms with Crippen LogP contribution < -0.4 is 5.32 Å². The molecule has 2 atom stereocenters. The van der Waals surface area contributed by atoms with Gasteiger partial charge < -0.3 is 0 Å². The van der Waals surface area contributed by atoms with Crippen LogP contribution in [0.3, 0.4) is 0 Å². The molecule has 0 aromatic heterocycles. The Morgan fingerprint density at radius 1 is 1.33 bits per heavy atom. The van der Waals surface area contributed by atoms with Crippen molar-refractivity contribution in [2.24, 2.45) is 11.8 Å². The van der Waals surface area contributed by atoms with Crippen LogP contribution in [0.15, 0.2) is 0 Å². The van der Waals surface area contributed by atoms with Crippen LogP contribution in [0.1, 0.15) is 52.4 Å². The van der Waals surface area contributed by atoms with Gasteiger partial charge in [-0.05, 0) is 12.3 Å². The van der Waals surface area contributed by atoms with Crippen LogP contribution in [0.5, 0.6) is 0 Å². The minimum atomic E-state index is -0.0982. The minimum absolute atomic E-state index is 0.0525. The first-order valence-corrected chi connectivity index (χ1v) is 6.02. The van der Waals surface area contributed by atoms with Crippen LogP contribution in [-0.4, -0.2) is 11.8 Å². The molecule has 0 bridgehead atoms. The lowest BCUT2D eigenvalue weighted by atomic mass is 9.84. The maximum atomic E-state index is 11.5. The molecule has 86 valence electrons. The van der Waals surface area contributed by atoms with Crippen molar-refractivity contribution in [1.82, 2.24) is 5.32 Å². The van der Waals surface area contributed by atoms with E-state index >= 15 is 0 Å². The largest absolute Gasteiger partial charge is 0.296 e. The molecule has 1 aliphatic heterocycles. The third kappa shape index (κ3) is 3.33. The molecule has 1 rings (SSSR count). The highest BCUT2D eigenvalue weighted by Crippen LogP contribution is 2.28. The predicted molar refractivity (Wildman–Crippen MR) is 59.2 cm³/mol. The average molecular weight is 211 g/mol. The van der Waals surface area contributed by atoms with Crippen LogP contribution in [0, 0.1) is 11.8 Å². The Labute approximate surface area is 91.6 Å². The summed E-state index contributed by atoms with van der Waals surface area (Å²) in [5.41, 5.74) is 0. The van der Waals surface area contributed by atoms with Gasteiger partial charge in [-0.2, -0.15) is 0 Å². The second-order valence-corrected chi connectivity index (χ2v) is 4.39. The fourth-order valence-electron chi connectivity index (χ4n) is 2.30. The number of amides is 2. The van der Waals surface area contributed by atoms with Crippen LogP contribution in [-0.2, 0) is 9.59 Å². The van der Waals surface area contributed by atoms with Crippen molar-refractivity contribution in [2.75, 3.05) is 0 Å². The van der Waals surface area contributed by atoms with Crippen molar-refractivity contribution in [3.8, 4) is 0 Å². The Bertz CT molecular complexity index is 238. The number of hydrogen-bond acceptors (Lipinski definition) is 2. The van der Waals surface area contributed by atoms with Gasteiger partial charge in [-0.15, -0.1) is 0 Å². The van der Waals surface area contributed by atoms with Crippen molar-refractivity contribution in [2.45, 2.75) is 52.4 Å². The Morgan fingerprint density at radius 2 is 2.07 bits per heavy atom. The van der Waals surface area contributed by atoms with E-state index in [1.165, 1.54) is 19.3 Å². The number of carbonyl (C=O) groups excluding carboxylic acids is 2. The summed E-state index contributed by atoms with van der Waals surface area (Å²) >= 11 is 0. The molecule has 0 saturated carbocycles. The monoisotopic (exact) mass is 211 g/mol. The first-order valence-electron chi connectivity index (χ1n) is 6.02. The number of carbonyl (C=O) groups is 2. The summed E-state index contributed by atoms with van der Waals surface area (Å²) in [6.07, 6.45) is 6.08. The van der Waals surface area contributed by atoms with Gasteiger partial charge in [-0.25, -0.2) is 0 Å². The summed E-state index contributed by atoms with van der Waals surface area (Å²) in [6.45, 7) is 4.28. The number of nitrogens with one attached hydrogen (secondary N) is 1. The van der Waals surface area contributed by atoms with Gasteiger partial charge in [0.25, 0.3) is 0 Å². The number of rotatable bonds is 6. The van der Waals surface area contributed by atoms with Gasteiger partial charge in [0.1, 0.15) is 0 Å². The summed E-state index contributed by atoms with van der Waals surface area (Å²) in [7, 11) is 0. The van der Waals surface area contributed by atoms with E-state index in [4.69, 9.17) is 0 Å². The molecule has 1 N–H and O–H groups in total. The zero-order valence-electron chi connectivity index (χ0n) is 9.71. The van der Waals surface area contributed by atoms with Gasteiger partial charge in [0, 0.05) is 12.3 Å². The lowest BCUT2D eigenvalue weighted by Gasteiger charge is -2.18. The first-order chi connectivity index (χ1) is 7.19. The molecule has 0 radical (unpaired) electrons. The van der Waals surface area contributed by atoms with E-state index < -0.39 is 0 Å². The zero-order chi connectivity index (χ0) is 11.3. The molecular weight excluding hydrogens is 190 g/mol. The third-order valence-electron chi connectivity index (χ3n) is 3.28. The highest BCUT2D eigenvalue weighted by atomic mass is 16.2. The molecule has 1 aliphatic rings. The van der Waals surface area contributed by atoms with Crippen LogP contribution in [0.25, 0.3) is 0 Å².